The molecule has 1 N–H and O–H groups in total. The lowest BCUT2D eigenvalue weighted by molar-refractivity contribution is -0.385. The maximum Gasteiger partial charge on any atom is 0.445 e. The van der Waals surface area contributed by atoms with Gasteiger partial charge in [0.15, 0.2) is 0 Å². The minimum Gasteiger partial charge on any atom is -0.415 e. The summed E-state index contributed by atoms with van der Waals surface area (Å²) < 4.78 is 46.4. The van der Waals surface area contributed by atoms with Crippen molar-refractivity contribution in [3.8, 4) is 11.8 Å². The van der Waals surface area contributed by atoms with Gasteiger partial charge in [-0.2, -0.15) is 13.2 Å². The summed E-state index contributed by atoms with van der Waals surface area (Å²) in [4.78, 5) is 22.0. The number of fused-ring (bicyclic) bond motifs is 1. The molecule has 0 bridgehead atoms. The molecule has 2 aromatic rings. The SMILES string of the molecule is O=C1Nc2ccc(Cl)cc2C(C#Cc2ccccc2[N+](=O)[O-])(C(F)(F)F)O1. The molecule has 1 amide bonds. The van der Waals surface area contributed by atoms with Crippen molar-refractivity contribution in [3.05, 3.63) is 68.7 Å². The molecule has 10 heteroatoms. The summed E-state index contributed by atoms with van der Waals surface area (Å²) >= 11 is 5.80. The Kier molecular flexibility index (Phi) is 4.45. The molecule has 0 aliphatic carbocycles. The molecule has 3 rings (SSSR count). The van der Waals surface area contributed by atoms with Crippen LogP contribution in [0.15, 0.2) is 42.5 Å². The number of nitro benzene ring substituents is 1. The minimum absolute atomic E-state index is 0.0328. The first-order valence-electron chi connectivity index (χ1n) is 7.27. The van der Waals surface area contributed by atoms with Crippen molar-refractivity contribution >= 4 is 29.1 Å². The first-order valence-corrected chi connectivity index (χ1v) is 7.65. The van der Waals surface area contributed by atoms with E-state index in [0.29, 0.717) is 0 Å². The molecule has 0 spiro atoms. The zero-order chi connectivity index (χ0) is 19.8. The van der Waals surface area contributed by atoms with E-state index in [0.717, 1.165) is 12.1 Å². The van der Waals surface area contributed by atoms with Crippen LogP contribution in [-0.2, 0) is 10.3 Å². The average Bonchev–Trinajstić information content (AvgIpc) is 2.59. The number of para-hydroxylation sites is 1. The fourth-order valence-corrected chi connectivity index (χ4v) is 2.69. The van der Waals surface area contributed by atoms with Crippen LogP contribution < -0.4 is 5.32 Å². The molecule has 1 aliphatic rings. The number of alkyl halides is 3. The lowest BCUT2D eigenvalue weighted by Crippen LogP contribution is -2.49. The van der Waals surface area contributed by atoms with Crippen molar-refractivity contribution in [2.24, 2.45) is 0 Å². The van der Waals surface area contributed by atoms with Crippen molar-refractivity contribution in [1.82, 2.24) is 0 Å². The van der Waals surface area contributed by atoms with Crippen molar-refractivity contribution < 1.29 is 27.6 Å². The molecule has 2 aromatic carbocycles. The van der Waals surface area contributed by atoms with E-state index in [1.165, 1.54) is 30.3 Å². The molecule has 1 unspecified atom stereocenters. The van der Waals surface area contributed by atoms with Gasteiger partial charge in [-0.1, -0.05) is 29.7 Å². The van der Waals surface area contributed by atoms with Gasteiger partial charge in [0.05, 0.1) is 10.6 Å². The summed E-state index contributed by atoms with van der Waals surface area (Å²) in [5.41, 5.74) is -4.77. The van der Waals surface area contributed by atoms with E-state index in [1.54, 1.807) is 0 Å². The molecular weight excluding hydrogens is 389 g/mol. The van der Waals surface area contributed by atoms with Gasteiger partial charge in [0.1, 0.15) is 5.56 Å². The molecule has 27 heavy (non-hydrogen) atoms. The molecule has 138 valence electrons. The van der Waals surface area contributed by atoms with E-state index in [4.69, 9.17) is 11.6 Å². The lowest BCUT2D eigenvalue weighted by Gasteiger charge is -2.35. The molecule has 1 aliphatic heterocycles. The number of carbonyl (C=O) groups excluding carboxylic acids is 1. The summed E-state index contributed by atoms with van der Waals surface area (Å²) in [5.74, 6) is 4.01. The second-order valence-corrected chi connectivity index (χ2v) is 5.84. The highest BCUT2D eigenvalue weighted by Crippen LogP contribution is 2.47. The number of nitrogens with zero attached hydrogens (tertiary/aromatic N) is 1. The number of amides is 1. The number of hydrogen-bond donors (Lipinski definition) is 1. The monoisotopic (exact) mass is 396 g/mol. The standard InChI is InChI=1S/C17H8ClF3N2O4/c18-11-5-6-13-12(9-11)16(17(19,20)21,27-15(24)22-13)8-7-10-3-1-2-4-14(10)23(25)26/h1-6,9H,(H,22,24). The maximum atomic E-state index is 14.0. The molecule has 0 saturated heterocycles. The fourth-order valence-electron chi connectivity index (χ4n) is 2.51. The molecule has 6 nitrogen and oxygen atoms in total. The predicted molar refractivity (Wildman–Crippen MR) is 89.3 cm³/mol. The van der Waals surface area contributed by atoms with Gasteiger partial charge < -0.3 is 4.74 Å². The van der Waals surface area contributed by atoms with Gasteiger partial charge in [-0.05, 0) is 30.2 Å². The quantitative estimate of drug-likeness (QED) is 0.433. The van der Waals surface area contributed by atoms with Crippen molar-refractivity contribution in [3.63, 3.8) is 0 Å². The van der Waals surface area contributed by atoms with Crippen LogP contribution in [0.4, 0.5) is 29.3 Å². The second-order valence-electron chi connectivity index (χ2n) is 5.41. The minimum atomic E-state index is -5.14. The van der Waals surface area contributed by atoms with Gasteiger partial charge in [0.2, 0.25) is 0 Å². The first-order chi connectivity index (χ1) is 12.6. The van der Waals surface area contributed by atoms with Crippen molar-refractivity contribution in [1.29, 1.82) is 0 Å². The number of carbonyl (C=O) groups is 1. The molecule has 0 saturated carbocycles. The van der Waals surface area contributed by atoms with E-state index >= 15 is 0 Å². The number of nitrogens with one attached hydrogen (secondary N) is 1. The third-order valence-corrected chi connectivity index (χ3v) is 3.95. The highest BCUT2D eigenvalue weighted by molar-refractivity contribution is 6.30. The number of hydrogen-bond acceptors (Lipinski definition) is 4. The van der Waals surface area contributed by atoms with Crippen molar-refractivity contribution in [2.75, 3.05) is 5.32 Å². The Morgan fingerprint density at radius 1 is 1.22 bits per heavy atom. The normalized spacial score (nSPS) is 18.4. The zero-order valence-electron chi connectivity index (χ0n) is 13.1. The molecular formula is C17H8ClF3N2O4. The number of cyclic esters (lactones) is 1. The predicted octanol–water partition coefficient (Wildman–Crippen LogP) is 4.62. The Morgan fingerprint density at radius 3 is 2.59 bits per heavy atom. The smallest absolute Gasteiger partial charge is 0.415 e. The largest absolute Gasteiger partial charge is 0.445 e. The Bertz CT molecular complexity index is 1010. The highest BCUT2D eigenvalue weighted by Gasteiger charge is 2.62. The van der Waals surface area contributed by atoms with Crippen LogP contribution in [0.1, 0.15) is 11.1 Å². The van der Waals surface area contributed by atoms with Crippen LogP contribution in [0.25, 0.3) is 0 Å². The van der Waals surface area contributed by atoms with Crippen molar-refractivity contribution in [2.45, 2.75) is 11.8 Å². The van der Waals surface area contributed by atoms with E-state index in [9.17, 15) is 28.1 Å². The zero-order valence-corrected chi connectivity index (χ0v) is 13.9. The van der Waals surface area contributed by atoms with E-state index in [2.05, 4.69) is 16.0 Å². The van der Waals surface area contributed by atoms with Crippen LogP contribution in [0, 0.1) is 22.0 Å². The third kappa shape index (κ3) is 3.27. The molecule has 1 heterocycles. The summed E-state index contributed by atoms with van der Waals surface area (Å²) in [5, 5.41) is 13.2. The van der Waals surface area contributed by atoms with Crippen LogP contribution in [0.2, 0.25) is 5.02 Å². The summed E-state index contributed by atoms with van der Waals surface area (Å²) in [6.07, 6.45) is -6.50. The lowest BCUT2D eigenvalue weighted by atomic mass is 9.90. The Labute approximate surface area is 155 Å². The van der Waals surface area contributed by atoms with E-state index in [1.807, 2.05) is 5.92 Å². The summed E-state index contributed by atoms with van der Waals surface area (Å²) in [6, 6.07) is 8.48. The van der Waals surface area contributed by atoms with Crippen LogP contribution >= 0.6 is 11.6 Å². The number of rotatable bonds is 1. The Morgan fingerprint density at radius 2 is 1.93 bits per heavy atom. The van der Waals surface area contributed by atoms with E-state index in [-0.39, 0.29) is 16.3 Å². The van der Waals surface area contributed by atoms with Gasteiger partial charge in [0, 0.05) is 16.7 Å². The molecule has 1 atom stereocenters. The topological polar surface area (TPSA) is 81.5 Å². The number of nitro groups is 1. The van der Waals surface area contributed by atoms with Gasteiger partial charge in [-0.25, -0.2) is 4.79 Å². The van der Waals surface area contributed by atoms with Crippen LogP contribution in [-0.4, -0.2) is 17.2 Å². The Hall–Kier alpha value is -3.25. The molecule has 0 fully saturated rings. The van der Waals surface area contributed by atoms with E-state index < -0.39 is 34.0 Å². The number of anilines is 1. The Balaban J connectivity index is 2.26. The van der Waals surface area contributed by atoms with Gasteiger partial charge in [-0.3, -0.25) is 15.4 Å². The number of halogens is 4. The third-order valence-electron chi connectivity index (χ3n) is 3.72. The van der Waals surface area contributed by atoms with Gasteiger partial charge in [0.25, 0.3) is 11.3 Å². The number of ether oxygens (including phenoxy) is 1. The number of benzene rings is 2. The molecule has 0 aromatic heterocycles. The second kappa shape index (κ2) is 6.48. The average molecular weight is 397 g/mol. The van der Waals surface area contributed by atoms with Crippen LogP contribution in [0.3, 0.4) is 0 Å². The van der Waals surface area contributed by atoms with Gasteiger partial charge in [-0.15, -0.1) is 0 Å². The summed E-state index contributed by atoms with van der Waals surface area (Å²) in [7, 11) is 0. The maximum absolute atomic E-state index is 14.0. The highest BCUT2D eigenvalue weighted by atomic mass is 35.5. The molecule has 0 radical (unpaired) electrons. The van der Waals surface area contributed by atoms with Crippen LogP contribution in [0.5, 0.6) is 0 Å². The summed E-state index contributed by atoms with van der Waals surface area (Å²) in [6.45, 7) is 0. The first kappa shape index (κ1) is 18.5. The fraction of sp³-hybridized carbons (Fsp3) is 0.118. The van der Waals surface area contributed by atoms with Gasteiger partial charge >= 0.3 is 12.3 Å².